The summed E-state index contributed by atoms with van der Waals surface area (Å²) < 4.78 is 19.6. The predicted octanol–water partition coefficient (Wildman–Crippen LogP) is 5.74. The van der Waals surface area contributed by atoms with E-state index in [0.717, 1.165) is 26.7 Å². The highest BCUT2D eigenvalue weighted by Crippen LogP contribution is 2.40. The van der Waals surface area contributed by atoms with Crippen molar-refractivity contribution in [1.29, 1.82) is 0 Å². The Bertz CT molecular complexity index is 1510. The van der Waals surface area contributed by atoms with E-state index in [9.17, 15) is 19.1 Å². The third-order valence-electron chi connectivity index (χ3n) is 6.42. The van der Waals surface area contributed by atoms with Crippen LogP contribution >= 0.6 is 15.9 Å². The quantitative estimate of drug-likeness (QED) is 0.183. The number of aliphatic hydroxyl groups excluding tert-OH is 1. The first-order valence-electron chi connectivity index (χ1n) is 11.3. The molecule has 6 nitrogen and oxygen atoms in total. The van der Waals surface area contributed by atoms with Crippen LogP contribution in [0.25, 0.3) is 16.7 Å². The van der Waals surface area contributed by atoms with E-state index in [1.54, 1.807) is 7.11 Å². The minimum Gasteiger partial charge on any atom is -0.507 e. The largest absolute Gasteiger partial charge is 0.507 e. The number of aliphatic hydroxyl groups is 1. The number of benzene rings is 3. The van der Waals surface area contributed by atoms with Crippen molar-refractivity contribution >= 4 is 44.3 Å². The van der Waals surface area contributed by atoms with Gasteiger partial charge in [0, 0.05) is 33.7 Å². The van der Waals surface area contributed by atoms with Crippen molar-refractivity contribution in [2.75, 3.05) is 13.7 Å². The molecular weight excluding hydrogens is 527 g/mol. The Morgan fingerprint density at radius 2 is 1.89 bits per heavy atom. The Kier molecular flexibility index (Phi) is 6.36. The number of fused-ring (bicyclic) bond motifs is 1. The van der Waals surface area contributed by atoms with Crippen molar-refractivity contribution in [3.63, 3.8) is 0 Å². The number of Topliss-reactive ketones (excluding diaryl/α,β-unsaturated/α-hetero) is 1. The van der Waals surface area contributed by atoms with Crippen molar-refractivity contribution in [3.05, 3.63) is 105 Å². The van der Waals surface area contributed by atoms with Gasteiger partial charge in [-0.1, -0.05) is 28.1 Å². The number of ketones is 1. The molecule has 182 valence electrons. The molecule has 0 bridgehead atoms. The fourth-order valence-corrected chi connectivity index (χ4v) is 5.05. The van der Waals surface area contributed by atoms with Crippen molar-refractivity contribution < 1.29 is 23.8 Å². The van der Waals surface area contributed by atoms with Crippen LogP contribution in [-0.4, -0.2) is 40.3 Å². The number of nitrogens with one attached hydrogen (secondary N) is 1. The SMILES string of the molecule is COc1ccc2[nH]cc(CCN3C(=O)C(=O)C(=C(O)c4ccc(F)cc4)[C@H]3c3cccc(Br)c3)c2c1. The van der Waals surface area contributed by atoms with Crippen LogP contribution in [0, 0.1) is 5.82 Å². The van der Waals surface area contributed by atoms with Crippen molar-refractivity contribution in [2.45, 2.75) is 12.5 Å². The van der Waals surface area contributed by atoms with E-state index in [4.69, 9.17) is 4.74 Å². The van der Waals surface area contributed by atoms with Crippen molar-refractivity contribution in [1.82, 2.24) is 9.88 Å². The molecule has 0 unspecified atom stereocenters. The monoisotopic (exact) mass is 548 g/mol. The standard InChI is InChI=1S/C28H22BrFN2O4/c1-36-21-9-10-23-22(14-21)18(15-31-23)11-12-32-25(17-3-2-4-19(29)13-17)24(27(34)28(32)35)26(33)16-5-7-20(30)8-6-16/h2-10,13-15,25,31,33H,11-12H2,1H3/t25-/m1/s1. The Hall–Kier alpha value is -3.91. The fraction of sp³-hybridized carbons (Fsp3) is 0.143. The third kappa shape index (κ3) is 4.28. The van der Waals surface area contributed by atoms with Gasteiger partial charge in [-0.2, -0.15) is 0 Å². The Labute approximate surface area is 215 Å². The molecule has 0 radical (unpaired) electrons. The van der Waals surface area contributed by atoms with E-state index in [2.05, 4.69) is 20.9 Å². The zero-order chi connectivity index (χ0) is 25.4. The first-order chi connectivity index (χ1) is 17.4. The number of rotatable bonds is 6. The van der Waals surface area contributed by atoms with Crippen LogP contribution in [0.3, 0.4) is 0 Å². The molecular formula is C28H22BrFN2O4. The number of likely N-dealkylation sites (tertiary alicyclic amines) is 1. The van der Waals surface area contributed by atoms with Gasteiger partial charge in [0.1, 0.15) is 17.3 Å². The maximum absolute atomic E-state index is 13.5. The van der Waals surface area contributed by atoms with Gasteiger partial charge in [0.15, 0.2) is 0 Å². The van der Waals surface area contributed by atoms with Gasteiger partial charge in [-0.3, -0.25) is 9.59 Å². The number of aromatic amines is 1. The maximum atomic E-state index is 13.5. The summed E-state index contributed by atoms with van der Waals surface area (Å²) in [6, 6.07) is 17.4. The molecule has 0 aliphatic carbocycles. The van der Waals surface area contributed by atoms with Crippen LogP contribution in [0.15, 0.2) is 83.0 Å². The number of carbonyl (C=O) groups excluding carboxylic acids is 2. The summed E-state index contributed by atoms with van der Waals surface area (Å²) in [4.78, 5) is 31.1. The number of ether oxygens (including phenoxy) is 1. The molecule has 8 heteroatoms. The maximum Gasteiger partial charge on any atom is 0.295 e. The highest BCUT2D eigenvalue weighted by atomic mass is 79.9. The smallest absolute Gasteiger partial charge is 0.295 e. The number of carbonyl (C=O) groups is 2. The number of nitrogens with zero attached hydrogens (tertiary/aromatic N) is 1. The minimum absolute atomic E-state index is 0.0229. The normalized spacial score (nSPS) is 17.2. The number of hydrogen-bond donors (Lipinski definition) is 2. The van der Waals surface area contributed by atoms with Gasteiger partial charge < -0.3 is 19.7 Å². The topological polar surface area (TPSA) is 82.6 Å². The summed E-state index contributed by atoms with van der Waals surface area (Å²) in [6.07, 6.45) is 2.36. The molecule has 5 rings (SSSR count). The number of aromatic nitrogens is 1. The Balaban J connectivity index is 1.56. The van der Waals surface area contributed by atoms with Crippen LogP contribution in [0.1, 0.15) is 22.7 Å². The minimum atomic E-state index is -0.799. The average Bonchev–Trinajstić information content (AvgIpc) is 3.40. The molecule has 0 saturated carbocycles. The second kappa shape index (κ2) is 9.62. The van der Waals surface area contributed by atoms with Gasteiger partial charge >= 0.3 is 0 Å². The van der Waals surface area contributed by atoms with Crippen LogP contribution in [0.2, 0.25) is 0 Å². The molecule has 1 fully saturated rings. The second-order valence-electron chi connectivity index (χ2n) is 8.53. The number of hydrogen-bond acceptors (Lipinski definition) is 4. The van der Waals surface area contributed by atoms with E-state index < -0.39 is 23.5 Å². The Morgan fingerprint density at radius 3 is 2.61 bits per heavy atom. The molecule has 1 saturated heterocycles. The van der Waals surface area contributed by atoms with Gasteiger partial charge in [0.25, 0.3) is 11.7 Å². The zero-order valence-corrected chi connectivity index (χ0v) is 20.9. The van der Waals surface area contributed by atoms with Crippen molar-refractivity contribution in [2.24, 2.45) is 0 Å². The van der Waals surface area contributed by atoms with Gasteiger partial charge in [0.05, 0.1) is 18.7 Å². The lowest BCUT2D eigenvalue weighted by molar-refractivity contribution is -0.139. The molecule has 2 heterocycles. The lowest BCUT2D eigenvalue weighted by Gasteiger charge is -2.25. The summed E-state index contributed by atoms with van der Waals surface area (Å²) in [7, 11) is 1.60. The average molecular weight is 549 g/mol. The molecule has 1 aliphatic heterocycles. The van der Waals surface area contributed by atoms with Gasteiger partial charge in [-0.25, -0.2) is 4.39 Å². The lowest BCUT2D eigenvalue weighted by Crippen LogP contribution is -2.31. The number of amides is 1. The van der Waals surface area contributed by atoms with Gasteiger partial charge in [-0.05, 0) is 72.1 Å². The summed E-state index contributed by atoms with van der Waals surface area (Å²) in [6.45, 7) is 0.242. The number of methoxy groups -OCH3 is 1. The molecule has 36 heavy (non-hydrogen) atoms. The van der Waals surface area contributed by atoms with E-state index in [1.165, 1.54) is 29.2 Å². The molecule has 4 aromatic rings. The second-order valence-corrected chi connectivity index (χ2v) is 9.45. The van der Waals surface area contributed by atoms with Gasteiger partial charge in [0.2, 0.25) is 0 Å². The molecule has 0 spiro atoms. The van der Waals surface area contributed by atoms with Crippen LogP contribution in [0.5, 0.6) is 5.75 Å². The van der Waals surface area contributed by atoms with E-state index in [-0.39, 0.29) is 23.4 Å². The fourth-order valence-electron chi connectivity index (χ4n) is 4.63. The van der Waals surface area contributed by atoms with E-state index in [1.807, 2.05) is 48.7 Å². The lowest BCUT2D eigenvalue weighted by atomic mass is 9.95. The highest BCUT2D eigenvalue weighted by molar-refractivity contribution is 9.10. The summed E-state index contributed by atoms with van der Waals surface area (Å²) in [5.41, 5.74) is 2.82. The van der Waals surface area contributed by atoms with E-state index in [0.29, 0.717) is 12.0 Å². The van der Waals surface area contributed by atoms with Crippen molar-refractivity contribution in [3.8, 4) is 5.75 Å². The third-order valence-corrected chi connectivity index (χ3v) is 6.91. The van der Waals surface area contributed by atoms with Gasteiger partial charge in [-0.15, -0.1) is 0 Å². The first-order valence-corrected chi connectivity index (χ1v) is 12.1. The first kappa shape index (κ1) is 23.8. The molecule has 1 aliphatic rings. The molecule has 1 aromatic heterocycles. The number of H-pyrrole nitrogens is 1. The molecule has 2 N–H and O–H groups in total. The predicted molar refractivity (Wildman–Crippen MR) is 138 cm³/mol. The van der Waals surface area contributed by atoms with E-state index >= 15 is 0 Å². The van der Waals surface area contributed by atoms with Crippen LogP contribution in [0.4, 0.5) is 4.39 Å². The molecule has 1 amide bonds. The summed E-state index contributed by atoms with van der Waals surface area (Å²) >= 11 is 3.46. The Morgan fingerprint density at radius 1 is 1.11 bits per heavy atom. The number of halogens is 2. The molecule has 1 atom stereocenters. The van der Waals surface area contributed by atoms with Crippen LogP contribution < -0.4 is 4.74 Å². The summed E-state index contributed by atoms with van der Waals surface area (Å²) in [5.74, 6) is -1.55. The van der Waals surface area contributed by atoms with Crippen LogP contribution in [-0.2, 0) is 16.0 Å². The highest BCUT2D eigenvalue weighted by Gasteiger charge is 2.45. The zero-order valence-electron chi connectivity index (χ0n) is 19.3. The molecule has 3 aromatic carbocycles. The summed E-state index contributed by atoms with van der Waals surface area (Å²) in [5, 5.41) is 12.1.